The molecule has 1 aliphatic heterocycles. The largest absolute Gasteiger partial charge is 0.471 e. The first-order valence-corrected chi connectivity index (χ1v) is 39.9. The summed E-state index contributed by atoms with van der Waals surface area (Å²) in [7, 11) is 0. The smallest absolute Gasteiger partial charge is 0.471 e. The molecule has 5 aromatic heterocycles. The van der Waals surface area contributed by atoms with Gasteiger partial charge in [0.05, 0.1) is 210 Å². The molecule has 1 unspecified atom stereocenters. The molecular formula is C80H108F3N17O22. The number of nitrogens with one attached hydrogen (secondary N) is 5. The molecule has 8 aromatic rings. The number of hydrogen-bond acceptors (Lipinski definition) is 34. The standard InChI is InChI=1S/C80H108F3N17O22/c81-80(82,83)75(104)100-79(52-117-23-16-63(101)2-1-22-105-28-31-108-34-37-111-40-43-115-47-58-5-11-61(12-6-58)50-121-73-68-70(92-55-90-68)95-77(85)98-73,53-118-24-17-65(102)87-20-26-106-29-32-109-35-38-112-41-44-114-46-57-3-9-60(10-4-57)49-120-72-67-64(15-19-89-67)94-76(84)97-72)54-119-25-18-66(103)88-21-27-107-30-33-110-36-39-113-42-45-116-48-59-7-13-62(14-8-59)51-122-74-69-71(93-56-91-69)96-78(86)99-74/h3-14,19,55-56H,1-2,15-18,20-54H2,(H,87,102)(H,88,103)(H,100,104)(H2,84,94,97)(H3,85,90,92,95,98)(H3,86,91,93,96,99). The number of anilines is 3. The molecule has 666 valence electrons. The summed E-state index contributed by atoms with van der Waals surface area (Å²) in [5.74, 6) is -2.21. The van der Waals surface area contributed by atoms with Crippen LogP contribution in [-0.4, -0.2) is 283 Å². The third-order valence-electron chi connectivity index (χ3n) is 17.4. The topological polar surface area (TPSA) is 496 Å². The Bertz CT molecular complexity index is 4210. The molecule has 11 N–H and O–H groups in total. The number of rotatable bonds is 68. The van der Waals surface area contributed by atoms with E-state index < -0.39 is 49.3 Å². The number of hydrogen-bond donors (Lipinski definition) is 8. The summed E-state index contributed by atoms with van der Waals surface area (Å²) in [6.45, 7) is 5.89. The quantitative estimate of drug-likeness (QED) is 0.0236. The van der Waals surface area contributed by atoms with Crippen LogP contribution in [0.1, 0.15) is 71.2 Å². The van der Waals surface area contributed by atoms with Crippen LogP contribution in [0.5, 0.6) is 17.6 Å². The van der Waals surface area contributed by atoms with Crippen LogP contribution in [0.25, 0.3) is 22.3 Å². The van der Waals surface area contributed by atoms with E-state index in [9.17, 15) is 32.3 Å². The Labute approximate surface area is 702 Å². The number of aromatic amines is 2. The Hall–Kier alpha value is -10.4. The Kier molecular flexibility index (Phi) is 42.9. The van der Waals surface area contributed by atoms with Crippen LogP contribution < -0.4 is 47.4 Å². The predicted octanol–water partition coefficient (Wildman–Crippen LogP) is 4.87. The van der Waals surface area contributed by atoms with Gasteiger partial charge in [0, 0.05) is 58.0 Å². The molecule has 0 aliphatic carbocycles. The van der Waals surface area contributed by atoms with Gasteiger partial charge in [0.1, 0.15) is 36.8 Å². The summed E-state index contributed by atoms with van der Waals surface area (Å²) in [6.07, 6.45) is -0.0833. The highest BCUT2D eigenvalue weighted by Crippen LogP contribution is 2.33. The minimum atomic E-state index is -5.34. The van der Waals surface area contributed by atoms with Crippen LogP contribution in [0.4, 0.5) is 36.7 Å². The lowest BCUT2D eigenvalue weighted by Gasteiger charge is -2.34. The SMILES string of the molecule is Nc1nc2c(c(OCc3ccc(COCCOCCOCCOCCNC(=O)CCOCC(COCCC(=O)CCCOCCOCCOCCOCc4ccc(COc5nc(N)nc6[nH]cnc56)cc4)(COCCC(=O)NCCOCCOCCOCCOCc4ccc(COc5nc(N)nc6[nH]cnc56)cc4)NC(=O)C(F)(F)F)cc3)n1)N=CC2. The van der Waals surface area contributed by atoms with E-state index in [4.69, 9.17) is 102 Å². The highest BCUT2D eigenvalue weighted by molar-refractivity contribution is 5.83. The van der Waals surface area contributed by atoms with Gasteiger partial charge in [0.25, 0.3) is 0 Å². The molecule has 122 heavy (non-hydrogen) atoms. The van der Waals surface area contributed by atoms with Gasteiger partial charge in [-0.25, -0.2) is 15.0 Å². The lowest BCUT2D eigenvalue weighted by Crippen LogP contribution is -2.61. The van der Waals surface area contributed by atoms with Crippen molar-refractivity contribution in [3.63, 3.8) is 0 Å². The number of nitrogens with two attached hydrogens (primary N) is 3. The maximum absolute atomic E-state index is 14.0. The number of alkyl halides is 3. The van der Waals surface area contributed by atoms with Crippen molar-refractivity contribution in [3.05, 3.63) is 125 Å². The molecule has 3 amide bonds. The van der Waals surface area contributed by atoms with Crippen molar-refractivity contribution in [3.8, 4) is 17.6 Å². The molecule has 0 fully saturated rings. The number of ketones is 1. The van der Waals surface area contributed by atoms with Crippen LogP contribution in [0.2, 0.25) is 0 Å². The molecule has 0 saturated heterocycles. The number of aliphatic imine (C=N–C) groups is 1. The lowest BCUT2D eigenvalue weighted by atomic mass is 10.0. The highest BCUT2D eigenvalue weighted by atomic mass is 19.4. The minimum Gasteiger partial charge on any atom is -0.471 e. The van der Waals surface area contributed by atoms with Crippen molar-refractivity contribution < 1.29 is 118 Å². The van der Waals surface area contributed by atoms with Gasteiger partial charge in [-0.1, -0.05) is 72.8 Å². The second-order valence-corrected chi connectivity index (χ2v) is 27.1. The number of benzene rings is 3. The van der Waals surface area contributed by atoms with Gasteiger partial charge in [-0.3, -0.25) is 24.2 Å². The fourth-order valence-electron chi connectivity index (χ4n) is 11.2. The second kappa shape index (κ2) is 54.9. The molecule has 3 aromatic carbocycles. The van der Waals surface area contributed by atoms with Crippen LogP contribution in [0, 0.1) is 0 Å². The fourth-order valence-corrected chi connectivity index (χ4v) is 11.2. The molecule has 0 radical (unpaired) electrons. The average molecular weight is 1720 g/mol. The number of carbonyl (C=O) groups excluding carboxylic acids is 4. The Morgan fingerprint density at radius 1 is 0.377 bits per heavy atom. The Morgan fingerprint density at radius 2 is 0.713 bits per heavy atom. The molecule has 1 aliphatic rings. The molecule has 1 atom stereocenters. The van der Waals surface area contributed by atoms with E-state index in [2.05, 4.69) is 65.5 Å². The van der Waals surface area contributed by atoms with E-state index in [0.29, 0.717) is 164 Å². The molecule has 0 bridgehead atoms. The molecule has 39 nitrogen and oxygen atoms in total. The van der Waals surface area contributed by atoms with Gasteiger partial charge in [0.2, 0.25) is 47.3 Å². The van der Waals surface area contributed by atoms with Gasteiger partial charge < -0.3 is 128 Å². The van der Waals surface area contributed by atoms with Crippen molar-refractivity contribution in [2.45, 2.75) is 89.9 Å². The summed E-state index contributed by atoms with van der Waals surface area (Å²) < 4.78 is 144. The maximum atomic E-state index is 14.0. The lowest BCUT2D eigenvalue weighted by molar-refractivity contribution is -0.178. The molecule has 9 rings (SSSR count). The van der Waals surface area contributed by atoms with Gasteiger partial charge in [-0.2, -0.15) is 38.1 Å². The zero-order chi connectivity index (χ0) is 85.9. The molecule has 42 heteroatoms. The first-order chi connectivity index (χ1) is 59.5. The zero-order valence-corrected chi connectivity index (χ0v) is 68.0. The number of fused-ring (bicyclic) bond motifs is 3. The van der Waals surface area contributed by atoms with E-state index in [1.807, 2.05) is 78.1 Å². The first kappa shape index (κ1) is 95.4. The van der Waals surface area contributed by atoms with Crippen LogP contribution >= 0.6 is 0 Å². The van der Waals surface area contributed by atoms with Gasteiger partial charge in [-0.05, 0) is 39.8 Å². The van der Waals surface area contributed by atoms with Crippen LogP contribution in [0.15, 0.2) is 90.4 Å². The molecule has 0 spiro atoms. The van der Waals surface area contributed by atoms with Crippen LogP contribution in [-0.2, 0) is 136 Å². The van der Waals surface area contributed by atoms with E-state index in [-0.39, 0.29) is 155 Å². The van der Waals surface area contributed by atoms with Crippen molar-refractivity contribution in [2.75, 3.05) is 209 Å². The minimum absolute atomic E-state index is 0.0779. The fraction of sp³-hybridized carbons (Fsp3) is 0.537. The number of H-pyrrole nitrogens is 2. The van der Waals surface area contributed by atoms with Crippen molar-refractivity contribution >= 4 is 75.6 Å². The number of ether oxygens (including phenoxy) is 18. The summed E-state index contributed by atoms with van der Waals surface area (Å²) in [6, 6.07) is 23.3. The summed E-state index contributed by atoms with van der Waals surface area (Å²) in [4.78, 5) is 94.4. The molecule has 6 heterocycles. The third kappa shape index (κ3) is 37.1. The molecular weight excluding hydrogens is 1610 g/mol. The number of aromatic nitrogens is 10. The van der Waals surface area contributed by atoms with E-state index in [0.717, 1.165) is 39.1 Å². The van der Waals surface area contributed by atoms with Gasteiger partial charge >= 0.3 is 12.1 Å². The predicted molar refractivity (Wildman–Crippen MR) is 433 cm³/mol. The van der Waals surface area contributed by atoms with Gasteiger partial charge in [-0.15, -0.1) is 0 Å². The number of halogens is 3. The number of imidazole rings is 2. The summed E-state index contributed by atoms with van der Waals surface area (Å²) in [5, 5.41) is 7.32. The Morgan fingerprint density at radius 3 is 1.11 bits per heavy atom. The number of Topliss-reactive ketones (excluding diaryl/α,β-unsaturated/α-hetero) is 1. The number of amides is 3. The first-order valence-electron chi connectivity index (χ1n) is 39.9. The van der Waals surface area contributed by atoms with Crippen molar-refractivity contribution in [2.24, 2.45) is 4.99 Å². The average Bonchev–Trinajstić information content (AvgIpc) is 1.68. The number of carbonyl (C=O) groups is 4. The van der Waals surface area contributed by atoms with Crippen molar-refractivity contribution in [1.29, 1.82) is 0 Å². The zero-order valence-electron chi connectivity index (χ0n) is 68.0. The summed E-state index contributed by atoms with van der Waals surface area (Å²) in [5.41, 5.74) is 24.4. The Balaban J connectivity index is 0.591. The van der Waals surface area contributed by atoms with Crippen LogP contribution in [0.3, 0.4) is 0 Å². The van der Waals surface area contributed by atoms with E-state index >= 15 is 0 Å². The maximum Gasteiger partial charge on any atom is 0.471 e. The highest BCUT2D eigenvalue weighted by Gasteiger charge is 2.45. The van der Waals surface area contributed by atoms with E-state index in [1.54, 1.807) is 6.21 Å². The third-order valence-corrected chi connectivity index (χ3v) is 17.4. The molecule has 0 saturated carbocycles. The number of nitrogen functional groups attached to an aromatic ring is 3. The van der Waals surface area contributed by atoms with Gasteiger partial charge in [0.15, 0.2) is 22.3 Å². The van der Waals surface area contributed by atoms with E-state index in [1.165, 1.54) is 12.7 Å². The number of nitrogens with zero attached hydrogens (tertiary/aromatic N) is 9. The monoisotopic (exact) mass is 1720 g/mol. The summed E-state index contributed by atoms with van der Waals surface area (Å²) >= 11 is 0. The second-order valence-electron chi connectivity index (χ2n) is 27.1. The normalized spacial score (nSPS) is 12.5. The van der Waals surface area contributed by atoms with Crippen molar-refractivity contribution in [1.82, 2.24) is 65.8 Å².